The lowest BCUT2D eigenvalue weighted by Gasteiger charge is -2.16. The smallest absolute Gasteiger partial charge is 0.235 e. The normalized spacial score (nSPS) is 33.2. The number of halogens is 2. The molecule has 35 heavy (non-hydrogen) atoms. The van der Waals surface area contributed by atoms with Gasteiger partial charge in [0.1, 0.15) is 22.8 Å². The van der Waals surface area contributed by atoms with E-state index in [1.54, 1.807) is 12.1 Å². The number of hydrogen-bond acceptors (Lipinski definition) is 5. The second-order valence-corrected chi connectivity index (χ2v) is 10.9. The van der Waals surface area contributed by atoms with Gasteiger partial charge in [-0.3, -0.25) is 0 Å². The number of aryl methyl sites for hydroxylation is 1. The maximum Gasteiger partial charge on any atom is 0.235 e. The molecule has 1 N–H and O–H groups in total. The number of hydrogen-bond donors (Lipinski definition) is 1. The van der Waals surface area contributed by atoms with Gasteiger partial charge in [-0.1, -0.05) is 36.7 Å². The van der Waals surface area contributed by atoms with Crippen molar-refractivity contribution in [1.82, 2.24) is 15.0 Å². The van der Waals surface area contributed by atoms with E-state index < -0.39 is 6.10 Å². The average Bonchev–Trinajstić information content (AvgIpc) is 3.20. The van der Waals surface area contributed by atoms with Gasteiger partial charge in [-0.05, 0) is 49.4 Å². The average molecular weight is 496 g/mol. The van der Waals surface area contributed by atoms with Crippen molar-refractivity contribution in [2.75, 3.05) is 13.2 Å². The number of aromatic nitrogens is 3. The van der Waals surface area contributed by atoms with Crippen molar-refractivity contribution >= 4 is 28.8 Å². The van der Waals surface area contributed by atoms with Crippen LogP contribution in [0, 0.1) is 17.2 Å². The summed E-state index contributed by atoms with van der Waals surface area (Å²) < 4.78 is 33.3. The first kappa shape index (κ1) is 21.8. The maximum atomic E-state index is 14.9. The van der Waals surface area contributed by atoms with Crippen LogP contribution in [-0.2, 0) is 15.9 Å². The van der Waals surface area contributed by atoms with Crippen LogP contribution < -0.4 is 4.74 Å². The number of nitrogens with one attached hydrogen (secondary N) is 1. The standard InChI is InChI=1S/C27H27ClFN3O3/c1-3-4-14-7-15-5-6-20(21(15)18(29)8-14)35-26-17(28)9-19-25(32-26)31-24(30-19)16-10-27(16)12-34-22-13(2)11-33-23(22)27/h3-4,7-9,13,16,20,22-23H,5-6,10-12H2,1-2H3,(H,30,31,32)/b4-3+/t13-,16?,20?,22-,23+,27-/m1/s1. The second-order valence-electron chi connectivity index (χ2n) is 10.5. The molecule has 4 aliphatic rings. The highest BCUT2D eigenvalue weighted by Crippen LogP contribution is 2.66. The Kier molecular flexibility index (Phi) is 4.83. The van der Waals surface area contributed by atoms with Gasteiger partial charge < -0.3 is 19.2 Å². The molecule has 1 spiro atoms. The van der Waals surface area contributed by atoms with Gasteiger partial charge in [0.2, 0.25) is 5.88 Å². The Morgan fingerprint density at radius 2 is 2.14 bits per heavy atom. The highest BCUT2D eigenvalue weighted by atomic mass is 35.5. The highest BCUT2D eigenvalue weighted by Gasteiger charge is 2.69. The number of allylic oxidation sites excluding steroid dienone is 1. The van der Waals surface area contributed by atoms with Crippen molar-refractivity contribution in [2.24, 2.45) is 11.3 Å². The lowest BCUT2D eigenvalue weighted by Crippen LogP contribution is -2.27. The number of imidazole rings is 1. The fraction of sp³-hybridized carbons (Fsp3) is 0.481. The van der Waals surface area contributed by atoms with Crippen LogP contribution in [0.3, 0.4) is 0 Å². The molecular weight excluding hydrogens is 469 g/mol. The molecule has 4 heterocycles. The van der Waals surface area contributed by atoms with Gasteiger partial charge >= 0.3 is 0 Å². The van der Waals surface area contributed by atoms with E-state index in [0.717, 1.165) is 41.9 Å². The van der Waals surface area contributed by atoms with Crippen molar-refractivity contribution in [3.8, 4) is 5.88 Å². The lowest BCUT2D eigenvalue weighted by atomic mass is 9.93. The molecule has 0 amide bonds. The van der Waals surface area contributed by atoms with Crippen molar-refractivity contribution < 1.29 is 18.6 Å². The Morgan fingerprint density at radius 1 is 1.26 bits per heavy atom. The van der Waals surface area contributed by atoms with Crippen LogP contribution in [0.5, 0.6) is 5.88 Å². The summed E-state index contributed by atoms with van der Waals surface area (Å²) in [5.41, 5.74) is 3.76. The fourth-order valence-electron chi connectivity index (χ4n) is 6.39. The largest absolute Gasteiger partial charge is 0.468 e. The third kappa shape index (κ3) is 3.28. The van der Waals surface area contributed by atoms with E-state index in [1.165, 1.54) is 0 Å². The Bertz CT molecular complexity index is 1370. The SMILES string of the molecule is C/C=C/c1cc(F)c2c(c1)CCC2Oc1nc2nc(C3C[C@@]34CO[C@@H]3[C@H](C)CO[C@@H]34)[nH]c2cc1Cl. The molecule has 2 aliphatic heterocycles. The molecular formula is C27H27ClFN3O3. The summed E-state index contributed by atoms with van der Waals surface area (Å²) in [6, 6.07) is 5.38. The van der Waals surface area contributed by atoms with Crippen LogP contribution in [0.4, 0.5) is 4.39 Å². The van der Waals surface area contributed by atoms with Gasteiger partial charge in [0.25, 0.3) is 0 Å². The molecule has 1 aromatic carbocycles. The third-order valence-electron chi connectivity index (χ3n) is 8.22. The van der Waals surface area contributed by atoms with Crippen molar-refractivity contribution in [1.29, 1.82) is 0 Å². The van der Waals surface area contributed by atoms with E-state index in [9.17, 15) is 4.39 Å². The first-order valence-electron chi connectivity index (χ1n) is 12.4. The third-order valence-corrected chi connectivity index (χ3v) is 8.49. The number of ether oxygens (including phenoxy) is 3. The molecule has 0 bridgehead atoms. The molecule has 6 atom stereocenters. The summed E-state index contributed by atoms with van der Waals surface area (Å²) >= 11 is 6.55. The number of nitrogens with zero attached hydrogens (tertiary/aromatic N) is 2. The molecule has 182 valence electrons. The number of rotatable bonds is 4. The minimum absolute atomic E-state index is 0.00330. The lowest BCUT2D eigenvalue weighted by molar-refractivity contribution is 0.0568. The van der Waals surface area contributed by atoms with Crippen molar-refractivity contribution in [2.45, 2.75) is 57.3 Å². The Balaban J connectivity index is 1.15. The number of benzene rings is 1. The van der Waals surface area contributed by atoms with E-state index in [1.807, 2.05) is 25.1 Å². The van der Waals surface area contributed by atoms with Crippen molar-refractivity contribution in [3.05, 3.63) is 57.6 Å². The highest BCUT2D eigenvalue weighted by molar-refractivity contribution is 6.32. The summed E-state index contributed by atoms with van der Waals surface area (Å²) in [6.45, 7) is 5.57. The van der Waals surface area contributed by atoms with E-state index >= 15 is 0 Å². The number of fused-ring (bicyclic) bond motifs is 4. The summed E-state index contributed by atoms with van der Waals surface area (Å²) in [6.07, 6.45) is 6.13. The fourth-order valence-corrected chi connectivity index (χ4v) is 6.59. The summed E-state index contributed by atoms with van der Waals surface area (Å²) in [4.78, 5) is 12.8. The number of pyridine rings is 1. The molecule has 7 rings (SSSR count). The molecule has 0 radical (unpaired) electrons. The predicted octanol–water partition coefficient (Wildman–Crippen LogP) is 5.76. The summed E-state index contributed by atoms with van der Waals surface area (Å²) in [5.74, 6) is 1.60. The molecule has 1 saturated carbocycles. The van der Waals surface area contributed by atoms with Crippen LogP contribution in [0.1, 0.15) is 61.2 Å². The zero-order valence-electron chi connectivity index (χ0n) is 19.7. The van der Waals surface area contributed by atoms with Gasteiger partial charge in [0.15, 0.2) is 5.65 Å². The first-order valence-corrected chi connectivity index (χ1v) is 12.8. The minimum atomic E-state index is -0.425. The quantitative estimate of drug-likeness (QED) is 0.498. The molecule has 3 aromatic rings. The molecule has 2 aromatic heterocycles. The zero-order valence-corrected chi connectivity index (χ0v) is 20.4. The van der Waals surface area contributed by atoms with E-state index in [0.29, 0.717) is 35.2 Å². The Morgan fingerprint density at radius 3 is 3.00 bits per heavy atom. The number of H-pyrrole nitrogens is 1. The topological polar surface area (TPSA) is 69.3 Å². The van der Waals surface area contributed by atoms with Crippen LogP contribution in [0.15, 0.2) is 24.3 Å². The van der Waals surface area contributed by atoms with E-state index in [2.05, 4.69) is 16.9 Å². The minimum Gasteiger partial charge on any atom is -0.468 e. The zero-order chi connectivity index (χ0) is 23.9. The predicted molar refractivity (Wildman–Crippen MR) is 130 cm³/mol. The molecule has 3 fully saturated rings. The van der Waals surface area contributed by atoms with E-state index in [-0.39, 0.29) is 35.2 Å². The molecule has 2 aliphatic carbocycles. The summed E-state index contributed by atoms with van der Waals surface area (Å²) in [5, 5.41) is 0.384. The van der Waals surface area contributed by atoms with Gasteiger partial charge in [-0.25, -0.2) is 9.37 Å². The van der Waals surface area contributed by atoms with Crippen LogP contribution in [0.2, 0.25) is 5.02 Å². The van der Waals surface area contributed by atoms with Gasteiger partial charge in [0.05, 0.1) is 30.9 Å². The molecule has 2 saturated heterocycles. The van der Waals surface area contributed by atoms with Crippen LogP contribution in [0.25, 0.3) is 17.2 Å². The Hall–Kier alpha value is -2.48. The van der Waals surface area contributed by atoms with Crippen molar-refractivity contribution in [3.63, 3.8) is 0 Å². The van der Waals surface area contributed by atoms with Gasteiger partial charge in [-0.15, -0.1) is 0 Å². The second kappa shape index (κ2) is 7.76. The monoisotopic (exact) mass is 495 g/mol. The van der Waals surface area contributed by atoms with E-state index in [4.69, 9.17) is 30.8 Å². The first-order chi connectivity index (χ1) is 17.0. The Labute approximate surface area is 207 Å². The molecule has 8 heteroatoms. The van der Waals surface area contributed by atoms with Crippen LogP contribution in [-0.4, -0.2) is 40.4 Å². The number of aromatic amines is 1. The van der Waals surface area contributed by atoms with Gasteiger partial charge in [0, 0.05) is 22.8 Å². The van der Waals surface area contributed by atoms with Crippen LogP contribution >= 0.6 is 11.6 Å². The molecule has 2 unspecified atom stereocenters. The summed E-state index contributed by atoms with van der Waals surface area (Å²) in [7, 11) is 0. The van der Waals surface area contributed by atoms with Gasteiger partial charge in [-0.2, -0.15) is 4.98 Å². The maximum absolute atomic E-state index is 14.9. The molecule has 6 nitrogen and oxygen atoms in total.